The van der Waals surface area contributed by atoms with E-state index in [9.17, 15) is 17.6 Å². The van der Waals surface area contributed by atoms with E-state index in [1.165, 1.54) is 6.07 Å². The minimum atomic E-state index is -4.54. The predicted octanol–water partition coefficient (Wildman–Crippen LogP) is 3.79. The second kappa shape index (κ2) is 7.94. The number of rotatable bonds is 4. The molecule has 1 aliphatic rings. The third kappa shape index (κ3) is 4.69. The Morgan fingerprint density at radius 1 is 1.23 bits per heavy atom. The zero-order valence-electron chi connectivity index (χ0n) is 12.0. The lowest BCUT2D eigenvalue weighted by molar-refractivity contribution is -0.137. The average Bonchev–Trinajstić information content (AvgIpc) is 2.44. The van der Waals surface area contributed by atoms with Gasteiger partial charge in [0.15, 0.2) is 0 Å². The van der Waals surface area contributed by atoms with Gasteiger partial charge in [0.05, 0.1) is 5.56 Å². The third-order valence-corrected chi connectivity index (χ3v) is 3.61. The molecule has 2 rings (SSSR count). The molecule has 0 aromatic heterocycles. The fourth-order valence-corrected chi connectivity index (χ4v) is 2.62. The van der Waals surface area contributed by atoms with Crippen LogP contribution in [-0.2, 0) is 6.18 Å². The lowest BCUT2D eigenvalue weighted by Gasteiger charge is -2.35. The van der Waals surface area contributed by atoms with Gasteiger partial charge in [0.25, 0.3) is 0 Å². The highest BCUT2D eigenvalue weighted by Crippen LogP contribution is 2.34. The molecule has 0 aliphatic carbocycles. The summed E-state index contributed by atoms with van der Waals surface area (Å²) in [6.45, 7) is 6.64. The van der Waals surface area contributed by atoms with Gasteiger partial charge < -0.3 is 5.32 Å². The zero-order valence-corrected chi connectivity index (χ0v) is 12.8. The van der Waals surface area contributed by atoms with Gasteiger partial charge in [0.2, 0.25) is 0 Å². The molecular weight excluding hydrogens is 320 g/mol. The van der Waals surface area contributed by atoms with Crippen molar-refractivity contribution in [1.82, 2.24) is 10.2 Å². The van der Waals surface area contributed by atoms with E-state index in [-0.39, 0.29) is 18.4 Å². The van der Waals surface area contributed by atoms with Crippen molar-refractivity contribution >= 4 is 12.4 Å². The standard InChI is InChI=1S/C15H18F4N2.ClH/c1-2-3-14(21-6-4-20-5-7-21)11-8-12(15(17,18)19)10-13(16)9-11;/h2,8-10,14,20H,1,3-7H2;1H/t14-;/m1./s1. The van der Waals surface area contributed by atoms with Crippen LogP contribution in [0.3, 0.4) is 0 Å². The van der Waals surface area contributed by atoms with Crippen LogP contribution in [0.25, 0.3) is 0 Å². The van der Waals surface area contributed by atoms with Gasteiger partial charge in [0, 0.05) is 32.2 Å². The summed E-state index contributed by atoms with van der Waals surface area (Å²) >= 11 is 0. The van der Waals surface area contributed by atoms with Crippen LogP contribution in [0.1, 0.15) is 23.6 Å². The number of piperazine rings is 1. The smallest absolute Gasteiger partial charge is 0.314 e. The lowest BCUT2D eigenvalue weighted by Crippen LogP contribution is -2.45. The maximum atomic E-state index is 13.6. The van der Waals surface area contributed by atoms with E-state index in [1.807, 2.05) is 0 Å². The van der Waals surface area contributed by atoms with Gasteiger partial charge in [0.1, 0.15) is 5.82 Å². The van der Waals surface area contributed by atoms with Crippen LogP contribution in [-0.4, -0.2) is 31.1 Å². The Balaban J connectivity index is 0.00000242. The highest BCUT2D eigenvalue weighted by Gasteiger charge is 2.32. The van der Waals surface area contributed by atoms with Crippen molar-refractivity contribution in [1.29, 1.82) is 0 Å². The van der Waals surface area contributed by atoms with E-state index in [4.69, 9.17) is 0 Å². The van der Waals surface area contributed by atoms with Crippen LogP contribution in [0.2, 0.25) is 0 Å². The van der Waals surface area contributed by atoms with Crippen molar-refractivity contribution in [2.45, 2.75) is 18.6 Å². The maximum Gasteiger partial charge on any atom is 0.416 e. The molecule has 1 fully saturated rings. The van der Waals surface area contributed by atoms with Crippen LogP contribution in [0.15, 0.2) is 30.9 Å². The average molecular weight is 339 g/mol. The minimum absolute atomic E-state index is 0. The molecule has 0 unspecified atom stereocenters. The summed E-state index contributed by atoms with van der Waals surface area (Å²) in [6, 6.07) is 2.48. The Labute approximate surface area is 133 Å². The topological polar surface area (TPSA) is 15.3 Å². The Hall–Kier alpha value is -1.11. The van der Waals surface area contributed by atoms with Crippen molar-refractivity contribution in [2.24, 2.45) is 0 Å². The van der Waals surface area contributed by atoms with Crippen molar-refractivity contribution in [3.63, 3.8) is 0 Å². The Kier molecular flexibility index (Phi) is 6.84. The number of hydrogen-bond donors (Lipinski definition) is 1. The predicted molar refractivity (Wildman–Crippen MR) is 80.6 cm³/mol. The van der Waals surface area contributed by atoms with E-state index < -0.39 is 17.6 Å². The second-order valence-corrected chi connectivity index (χ2v) is 5.10. The molecule has 1 heterocycles. The van der Waals surface area contributed by atoms with E-state index >= 15 is 0 Å². The summed E-state index contributed by atoms with van der Waals surface area (Å²) in [7, 11) is 0. The first-order valence-corrected chi connectivity index (χ1v) is 6.85. The summed E-state index contributed by atoms with van der Waals surface area (Å²) in [6.07, 6.45) is -2.40. The van der Waals surface area contributed by atoms with Crippen molar-refractivity contribution in [3.05, 3.63) is 47.8 Å². The molecule has 1 aromatic rings. The van der Waals surface area contributed by atoms with Crippen LogP contribution in [0, 0.1) is 5.82 Å². The van der Waals surface area contributed by atoms with Crippen molar-refractivity contribution < 1.29 is 17.6 Å². The number of nitrogens with zero attached hydrogens (tertiary/aromatic N) is 1. The SMILES string of the molecule is C=CC[C@H](c1cc(F)cc(C(F)(F)F)c1)N1CCNCC1.Cl. The first-order valence-electron chi connectivity index (χ1n) is 6.85. The molecule has 0 spiro atoms. The molecule has 1 saturated heterocycles. The van der Waals surface area contributed by atoms with Crippen LogP contribution < -0.4 is 5.32 Å². The van der Waals surface area contributed by atoms with Crippen LogP contribution in [0.4, 0.5) is 17.6 Å². The van der Waals surface area contributed by atoms with Gasteiger partial charge in [-0.15, -0.1) is 19.0 Å². The fourth-order valence-electron chi connectivity index (χ4n) is 2.62. The zero-order chi connectivity index (χ0) is 15.5. The minimum Gasteiger partial charge on any atom is -0.314 e. The normalized spacial score (nSPS) is 17.6. The van der Waals surface area contributed by atoms with Crippen molar-refractivity contribution in [3.8, 4) is 0 Å². The summed E-state index contributed by atoms with van der Waals surface area (Å²) < 4.78 is 52.1. The van der Waals surface area contributed by atoms with Gasteiger partial charge in [-0.25, -0.2) is 4.39 Å². The van der Waals surface area contributed by atoms with Crippen molar-refractivity contribution in [2.75, 3.05) is 26.2 Å². The third-order valence-electron chi connectivity index (χ3n) is 3.61. The van der Waals surface area contributed by atoms with E-state index in [1.54, 1.807) is 6.08 Å². The molecule has 2 nitrogen and oxygen atoms in total. The molecule has 1 aliphatic heterocycles. The van der Waals surface area contributed by atoms with Gasteiger partial charge >= 0.3 is 6.18 Å². The molecule has 1 atom stereocenters. The van der Waals surface area contributed by atoms with Gasteiger partial charge in [-0.2, -0.15) is 13.2 Å². The summed E-state index contributed by atoms with van der Waals surface area (Å²) in [5.41, 5.74) is -0.592. The largest absolute Gasteiger partial charge is 0.416 e. The van der Waals surface area contributed by atoms with E-state index in [0.29, 0.717) is 18.1 Å². The number of nitrogens with one attached hydrogen (secondary N) is 1. The highest BCUT2D eigenvalue weighted by molar-refractivity contribution is 5.85. The monoisotopic (exact) mass is 338 g/mol. The van der Waals surface area contributed by atoms with Crippen LogP contribution >= 0.6 is 12.4 Å². The highest BCUT2D eigenvalue weighted by atomic mass is 35.5. The van der Waals surface area contributed by atoms with E-state index in [2.05, 4.69) is 16.8 Å². The summed E-state index contributed by atoms with van der Waals surface area (Å²) in [5.74, 6) is -0.857. The van der Waals surface area contributed by atoms with E-state index in [0.717, 1.165) is 32.2 Å². The lowest BCUT2D eigenvalue weighted by atomic mass is 9.98. The molecule has 1 N–H and O–H groups in total. The number of benzene rings is 1. The number of alkyl halides is 3. The van der Waals surface area contributed by atoms with Gasteiger partial charge in [-0.3, -0.25) is 4.90 Å². The molecule has 7 heteroatoms. The molecule has 22 heavy (non-hydrogen) atoms. The molecule has 1 aromatic carbocycles. The van der Waals surface area contributed by atoms with Gasteiger partial charge in [-0.1, -0.05) is 6.08 Å². The Bertz CT molecular complexity index is 499. The molecule has 0 radical (unpaired) electrons. The van der Waals surface area contributed by atoms with Crippen LogP contribution in [0.5, 0.6) is 0 Å². The molecule has 0 amide bonds. The first-order chi connectivity index (χ1) is 9.91. The number of halogens is 5. The molecule has 124 valence electrons. The molecule has 0 bridgehead atoms. The number of hydrogen-bond acceptors (Lipinski definition) is 2. The summed E-state index contributed by atoms with van der Waals surface area (Å²) in [5, 5.41) is 3.19. The maximum absolute atomic E-state index is 13.6. The fraction of sp³-hybridized carbons (Fsp3) is 0.467. The summed E-state index contributed by atoms with van der Waals surface area (Å²) in [4.78, 5) is 2.06. The van der Waals surface area contributed by atoms with Gasteiger partial charge in [-0.05, 0) is 30.2 Å². The Morgan fingerprint density at radius 2 is 1.86 bits per heavy atom. The Morgan fingerprint density at radius 3 is 2.41 bits per heavy atom. The second-order valence-electron chi connectivity index (χ2n) is 5.10. The first kappa shape index (κ1) is 18.9. The quantitative estimate of drug-likeness (QED) is 0.664. The molecule has 0 saturated carbocycles. The molecular formula is C15H19ClF4N2.